The minimum Gasteiger partial charge on any atom is -0.697 e. The molecule has 7 heteroatoms. The number of benzene rings is 5. The number of rotatable bonds is 10. The minimum atomic E-state index is -1.37. The third-order valence-electron chi connectivity index (χ3n) is 11.4. The summed E-state index contributed by atoms with van der Waals surface area (Å²) in [6.07, 6.45) is 4.93. The number of para-hydroxylation sites is 1. The molecule has 0 aliphatic carbocycles. The summed E-state index contributed by atoms with van der Waals surface area (Å²) in [6, 6.07) is 46.5. The molecule has 8 rings (SSSR count). The fraction of sp³-hybridized carbons (Fsp3) is 0.286. The van der Waals surface area contributed by atoms with Crippen molar-refractivity contribution in [3.63, 3.8) is 0 Å². The number of nitrogens with one attached hydrogen (secondary N) is 1. The molecule has 0 spiro atoms. The van der Waals surface area contributed by atoms with Crippen LogP contribution in [0.5, 0.6) is 0 Å². The molecule has 0 aliphatic heterocycles. The van der Waals surface area contributed by atoms with Gasteiger partial charge >= 0.3 is 20.1 Å². The molecule has 3 heterocycles. The van der Waals surface area contributed by atoms with Gasteiger partial charge in [-0.25, -0.2) is 0 Å². The zero-order valence-electron chi connectivity index (χ0n) is 38.8. The predicted molar refractivity (Wildman–Crippen MR) is 266 cm³/mol. The van der Waals surface area contributed by atoms with Gasteiger partial charge in [-0.15, -0.1) is 53.2 Å². The molecule has 0 fully saturated rings. The van der Waals surface area contributed by atoms with E-state index in [0.717, 1.165) is 62.2 Å². The van der Waals surface area contributed by atoms with Crippen LogP contribution in [0.2, 0.25) is 19.6 Å². The molecule has 63 heavy (non-hydrogen) atoms. The Hall–Kier alpha value is -5.33. The van der Waals surface area contributed by atoms with E-state index in [-0.39, 0.29) is 37.4 Å². The van der Waals surface area contributed by atoms with Crippen LogP contribution in [-0.2, 0) is 33.1 Å². The van der Waals surface area contributed by atoms with Crippen molar-refractivity contribution in [3.8, 4) is 22.4 Å². The van der Waals surface area contributed by atoms with Gasteiger partial charge in [-0.3, -0.25) is 4.98 Å². The molecule has 3 aromatic heterocycles. The van der Waals surface area contributed by atoms with E-state index < -0.39 is 8.07 Å². The van der Waals surface area contributed by atoms with E-state index in [1.54, 1.807) is 12.3 Å². The van der Waals surface area contributed by atoms with Crippen molar-refractivity contribution in [2.75, 3.05) is 4.90 Å². The Morgan fingerprint density at radius 3 is 2.02 bits per heavy atom. The summed E-state index contributed by atoms with van der Waals surface area (Å²) in [4.78, 5) is 11.7. The van der Waals surface area contributed by atoms with E-state index in [2.05, 4.69) is 163 Å². The monoisotopic (exact) mass is 1030 g/mol. The average molecular weight is 1030 g/mol. The number of aryl methyl sites for hydroxylation is 1. The second-order valence-corrected chi connectivity index (χ2v) is 24.4. The first kappa shape index (κ1) is 47.2. The third kappa shape index (κ3) is 10.9. The number of anilines is 2. The number of nitrogens with zero attached hydrogens (tertiary/aromatic N) is 3. The van der Waals surface area contributed by atoms with Crippen molar-refractivity contribution in [3.05, 3.63) is 173 Å². The average Bonchev–Trinajstić information content (AvgIpc) is 3.60. The summed E-state index contributed by atoms with van der Waals surface area (Å²) < 4.78 is 6.09. The van der Waals surface area contributed by atoms with Gasteiger partial charge in [0.15, 0.2) is 0 Å². The predicted octanol–water partition coefficient (Wildman–Crippen LogP) is 15.7. The smallest absolute Gasteiger partial charge is 0.697 e. The molecule has 1 N–H and O–H groups in total. The molecule has 8 aromatic rings. The van der Waals surface area contributed by atoms with Gasteiger partial charge in [0.1, 0.15) is 5.58 Å². The molecule has 0 unspecified atom stereocenters. The maximum atomic E-state index is 9.00. The van der Waals surface area contributed by atoms with Crippen LogP contribution < -0.4 is 10.1 Å². The van der Waals surface area contributed by atoms with Gasteiger partial charge in [-0.05, 0) is 81.9 Å². The second kappa shape index (κ2) is 19.6. The molecule has 0 bridgehead atoms. The Bertz CT molecular complexity index is 2750. The molecule has 0 radical (unpaired) electrons. The summed E-state index contributed by atoms with van der Waals surface area (Å²) in [5.41, 5.74) is 23.8. The zero-order chi connectivity index (χ0) is 44.3. The summed E-state index contributed by atoms with van der Waals surface area (Å²) in [5, 5.41) is 3.66. The minimum absolute atomic E-state index is 0. The first-order valence-electron chi connectivity index (χ1n) is 21.9. The van der Waals surface area contributed by atoms with Crippen LogP contribution in [0.4, 0.5) is 17.1 Å². The Morgan fingerprint density at radius 1 is 0.730 bits per heavy atom. The topological polar surface area (TPSA) is 66.0 Å². The van der Waals surface area contributed by atoms with Crippen LogP contribution in [0.3, 0.4) is 0 Å². The fourth-order valence-corrected chi connectivity index (χ4v) is 9.98. The van der Waals surface area contributed by atoms with E-state index >= 15 is 0 Å². The van der Waals surface area contributed by atoms with E-state index in [4.69, 9.17) is 15.1 Å². The summed E-state index contributed by atoms with van der Waals surface area (Å²) in [5.74, 6) is 0.535. The zero-order valence-corrected chi connectivity index (χ0v) is 42.2. The molecule has 0 saturated heterocycles. The summed E-state index contributed by atoms with van der Waals surface area (Å²) >= 11 is 0. The van der Waals surface area contributed by atoms with E-state index in [0.29, 0.717) is 12.2 Å². The number of furan rings is 1. The molecule has 0 atom stereocenters. The molecule has 0 aliphatic rings. The van der Waals surface area contributed by atoms with Crippen LogP contribution in [0.25, 0.3) is 50.1 Å². The van der Waals surface area contributed by atoms with Crippen LogP contribution >= 0.6 is 0 Å². The van der Waals surface area contributed by atoms with Gasteiger partial charge in [-0.2, -0.15) is 12.1 Å². The Kier molecular flexibility index (Phi) is 14.7. The van der Waals surface area contributed by atoms with Gasteiger partial charge in [0, 0.05) is 41.3 Å². The van der Waals surface area contributed by atoms with Gasteiger partial charge < -0.3 is 20.0 Å². The third-order valence-corrected chi connectivity index (χ3v) is 13.4. The molecule has 5 aromatic carbocycles. The van der Waals surface area contributed by atoms with Crippen molar-refractivity contribution in [1.29, 1.82) is 0 Å². The Balaban J connectivity index is 0.000000254. The number of aromatic nitrogens is 2. The van der Waals surface area contributed by atoms with Crippen LogP contribution in [0.1, 0.15) is 88.2 Å². The molecular weight excluding hydrogens is 965 g/mol. The van der Waals surface area contributed by atoms with E-state index in [9.17, 15) is 0 Å². The summed E-state index contributed by atoms with van der Waals surface area (Å²) in [6.45, 7) is 25.7. The number of fused-ring (bicyclic) bond motifs is 3. The number of hydrogen-bond acceptors (Lipinski definition) is 4. The maximum Gasteiger partial charge on any atom is 3.00 e. The first-order chi connectivity index (χ1) is 29.5. The van der Waals surface area contributed by atoms with Gasteiger partial charge in [0.05, 0.1) is 13.8 Å². The van der Waals surface area contributed by atoms with Crippen molar-refractivity contribution >= 4 is 52.3 Å². The van der Waals surface area contributed by atoms with Crippen molar-refractivity contribution in [2.45, 2.75) is 99.8 Å². The van der Waals surface area contributed by atoms with Crippen molar-refractivity contribution in [1.82, 2.24) is 9.97 Å². The first-order valence-corrected chi connectivity index (χ1v) is 25.4. The van der Waals surface area contributed by atoms with Gasteiger partial charge in [0.2, 0.25) is 0 Å². The van der Waals surface area contributed by atoms with Crippen molar-refractivity contribution in [2.24, 2.45) is 5.41 Å². The van der Waals surface area contributed by atoms with Gasteiger partial charge in [0.25, 0.3) is 0 Å². The number of pyridine rings is 2. The maximum absolute atomic E-state index is 9.00. The van der Waals surface area contributed by atoms with Crippen LogP contribution in [0.15, 0.2) is 132 Å². The fourth-order valence-electron chi connectivity index (χ4n) is 8.40. The standard InChI is InChI=1S/C37H35N3O.C19H26NSi.Ir/c1-23(2)30-20-28(27-11-7-6-8-12-27)21-31(24(3)4)37(30)40(36-25(5)39-18-17-33(36)38)22-26-15-16-35-32(19-26)29-13-9-10-14-34(29)41-35;1-19(2,3)13-16-12-17(15-10-8-7-9-11-15)20-14-18(16)21(4,5)6;/h6-14,16-21,23-24H,22H2,1-5H3,(H-,38,39);7-10,12,14H,13H2,1-6H3;/q-2;-1;+3. The molecular formula is C56H61IrN4OSi. The van der Waals surface area contributed by atoms with E-state index in [1.807, 2.05) is 49.4 Å². The molecule has 5 nitrogen and oxygen atoms in total. The van der Waals surface area contributed by atoms with E-state index in [1.165, 1.54) is 33.0 Å². The molecule has 0 amide bonds. The van der Waals surface area contributed by atoms with Crippen molar-refractivity contribution < 1.29 is 24.5 Å². The molecule has 324 valence electrons. The van der Waals surface area contributed by atoms with Crippen LogP contribution in [-0.4, -0.2) is 18.0 Å². The Morgan fingerprint density at radius 2 is 1.40 bits per heavy atom. The summed E-state index contributed by atoms with van der Waals surface area (Å²) in [7, 11) is -1.37. The molecule has 0 saturated carbocycles. The largest absolute Gasteiger partial charge is 3.00 e. The number of hydrogen-bond donors (Lipinski definition) is 0. The Labute approximate surface area is 390 Å². The van der Waals surface area contributed by atoms with Gasteiger partial charge in [-0.1, -0.05) is 140 Å². The SMILES string of the molecule is CC(C)(C)Cc1cc(-c2[c-]cccc2)ncc1[Si](C)(C)C.Cc1nccc([NH-])c1N(Cc1[c-]cc2oc3ccccc3c2c1)c1c(C(C)C)cc(-c2ccccc2)cc1C(C)C.[Ir+3]. The van der Waals surface area contributed by atoms with Crippen LogP contribution in [0, 0.1) is 24.5 Å². The normalized spacial score (nSPS) is 11.8. The quantitative estimate of drug-likeness (QED) is 0.101. The second-order valence-electron chi connectivity index (χ2n) is 19.4.